The van der Waals surface area contributed by atoms with Crippen LogP contribution in [0.25, 0.3) is 5.41 Å². The molecule has 5 heteroatoms. The van der Waals surface area contributed by atoms with Crippen LogP contribution in [-0.2, 0) is 4.79 Å². The van der Waals surface area contributed by atoms with E-state index in [0.29, 0.717) is 5.71 Å². The number of benzene rings is 1. The van der Waals surface area contributed by atoms with Crippen molar-refractivity contribution < 1.29 is 4.79 Å². The van der Waals surface area contributed by atoms with Gasteiger partial charge in [0.15, 0.2) is 0 Å². The zero-order valence-electron chi connectivity index (χ0n) is 12.7. The van der Waals surface area contributed by atoms with Gasteiger partial charge in [0, 0.05) is 11.6 Å². The van der Waals surface area contributed by atoms with Crippen LogP contribution in [0.3, 0.4) is 0 Å². The summed E-state index contributed by atoms with van der Waals surface area (Å²) in [4.78, 5) is 16.3. The van der Waals surface area contributed by atoms with Gasteiger partial charge < -0.3 is 5.41 Å². The second-order valence-electron chi connectivity index (χ2n) is 5.20. The van der Waals surface area contributed by atoms with Gasteiger partial charge in [-0.15, -0.1) is 0 Å². The van der Waals surface area contributed by atoms with Crippen LogP contribution in [0, 0.1) is 28.6 Å². The maximum Gasteiger partial charge on any atom is 0.139 e. The summed E-state index contributed by atoms with van der Waals surface area (Å²) in [7, 11) is 0. The van der Waals surface area contributed by atoms with Crippen molar-refractivity contribution in [3.63, 3.8) is 0 Å². The van der Waals surface area contributed by atoms with Gasteiger partial charge in [0.1, 0.15) is 17.5 Å². The summed E-state index contributed by atoms with van der Waals surface area (Å²) in [5, 5.41) is 27.8. The van der Waals surface area contributed by atoms with Crippen molar-refractivity contribution in [2.45, 2.75) is 19.8 Å². The molecule has 23 heavy (non-hydrogen) atoms. The molecule has 0 amide bonds. The summed E-state index contributed by atoms with van der Waals surface area (Å²) >= 11 is 0. The summed E-state index contributed by atoms with van der Waals surface area (Å²) in [6.07, 6.45) is 0. The molecule has 0 saturated carbocycles. The quantitative estimate of drug-likeness (QED) is 0.633. The van der Waals surface area contributed by atoms with E-state index >= 15 is 0 Å². The summed E-state index contributed by atoms with van der Waals surface area (Å²) in [5.74, 6) is 0.554. The summed E-state index contributed by atoms with van der Waals surface area (Å²) in [6, 6.07) is 13.0. The van der Waals surface area contributed by atoms with Gasteiger partial charge >= 0.3 is 0 Å². The molecule has 1 heterocycles. The average Bonchev–Trinajstić information content (AvgIpc) is 2.55. The normalized spacial score (nSPS) is 19.9. The first-order valence-corrected chi connectivity index (χ1v) is 6.97. The molecule has 0 spiro atoms. The minimum Gasteiger partial charge on any atom is -0.762 e. The van der Waals surface area contributed by atoms with Crippen LogP contribution in [-0.4, -0.2) is 17.4 Å². The number of ketones is 1. The number of aliphatic imine (C=N–C) groups is 1. The molecule has 0 fully saturated rings. The molecular weight excluding hydrogens is 288 g/mol. The predicted molar refractivity (Wildman–Crippen MR) is 86.6 cm³/mol. The lowest BCUT2D eigenvalue weighted by Crippen LogP contribution is -2.31. The molecule has 0 N–H and O–H groups in total. The van der Waals surface area contributed by atoms with Gasteiger partial charge in [-0.3, -0.25) is 9.79 Å². The van der Waals surface area contributed by atoms with E-state index in [1.165, 1.54) is 6.92 Å². The van der Waals surface area contributed by atoms with Crippen molar-refractivity contribution in [2.24, 2.45) is 10.9 Å². The number of Topliss-reactive ketones (excluding diaryl/α,β-unsaturated/α-hetero) is 1. The van der Waals surface area contributed by atoms with Gasteiger partial charge in [-0.05, 0) is 19.4 Å². The average molecular weight is 301 g/mol. The van der Waals surface area contributed by atoms with Crippen LogP contribution >= 0.6 is 0 Å². The molecule has 112 valence electrons. The predicted octanol–water partition coefficient (Wildman–Crippen LogP) is 2.92. The number of hydrogen-bond donors (Lipinski definition) is 0. The fourth-order valence-electron chi connectivity index (χ4n) is 2.85. The van der Waals surface area contributed by atoms with Crippen molar-refractivity contribution in [1.82, 2.24) is 0 Å². The van der Waals surface area contributed by atoms with Crippen LogP contribution in [0.2, 0.25) is 0 Å². The lowest BCUT2D eigenvalue weighted by Gasteiger charge is -2.30. The molecule has 0 aliphatic carbocycles. The van der Waals surface area contributed by atoms with Gasteiger partial charge in [0.05, 0.1) is 23.1 Å². The largest absolute Gasteiger partial charge is 0.762 e. The summed E-state index contributed by atoms with van der Waals surface area (Å²) in [6.45, 7) is 3.14. The van der Waals surface area contributed by atoms with E-state index in [2.05, 4.69) is 11.1 Å². The Morgan fingerprint density at radius 1 is 1.26 bits per heavy atom. The first-order valence-electron chi connectivity index (χ1n) is 6.97. The lowest BCUT2D eigenvalue weighted by atomic mass is 9.74. The van der Waals surface area contributed by atoms with Gasteiger partial charge in [0.25, 0.3) is 0 Å². The Kier molecular flexibility index (Phi) is 4.66. The molecule has 0 aromatic heterocycles. The topological polar surface area (TPSA) is 99.3 Å². The number of carbonyl (C=O) groups excluding carboxylic acids is 1. The summed E-state index contributed by atoms with van der Waals surface area (Å²) < 4.78 is 0. The van der Waals surface area contributed by atoms with Crippen molar-refractivity contribution in [2.75, 3.05) is 0 Å². The standard InChI is InChI=1S/C18H13N4O/c1-11-16(12(2)23)17(13-6-4-3-5-7-13)15(10-21)18(22-11)14(8-19)9-20/h3-7,16-17H,1-2H3/q-1/t16?,17-/m1/s1. The Balaban J connectivity index is 2.79. The first kappa shape index (κ1) is 16.1. The minimum atomic E-state index is -0.575. The number of carbonyl (C=O) groups is 1. The van der Waals surface area contributed by atoms with Crippen LogP contribution < -0.4 is 0 Å². The highest BCUT2D eigenvalue weighted by Crippen LogP contribution is 2.40. The molecule has 1 aromatic rings. The Morgan fingerprint density at radius 3 is 2.39 bits per heavy atom. The molecule has 0 saturated heterocycles. The smallest absolute Gasteiger partial charge is 0.139 e. The van der Waals surface area contributed by atoms with Crippen LogP contribution in [0.4, 0.5) is 0 Å². The molecule has 1 aliphatic rings. The molecule has 5 nitrogen and oxygen atoms in total. The maximum atomic E-state index is 12.1. The van der Waals surface area contributed by atoms with E-state index in [-0.39, 0.29) is 22.6 Å². The van der Waals surface area contributed by atoms with Gasteiger partial charge in [-0.1, -0.05) is 30.3 Å². The number of allylic oxidation sites excluding steroid dienone is 2. The number of hydrogen-bond acceptors (Lipinski definition) is 4. The molecule has 0 bridgehead atoms. The SMILES string of the molecule is CC(=O)C1C(C)=NC(C(=C=[N-])C#N)=C(C#N)[C@H]1c1ccccc1. The molecule has 1 unspecified atom stereocenters. The van der Waals surface area contributed by atoms with Crippen molar-refractivity contribution in [3.8, 4) is 12.1 Å². The lowest BCUT2D eigenvalue weighted by molar-refractivity contribution is -0.119. The minimum absolute atomic E-state index is 0.0707. The van der Waals surface area contributed by atoms with Crippen LogP contribution in [0.5, 0.6) is 0 Å². The summed E-state index contributed by atoms with van der Waals surface area (Å²) in [5.41, 5.74) is 1.32. The van der Waals surface area contributed by atoms with Gasteiger partial charge in [0.2, 0.25) is 0 Å². The van der Waals surface area contributed by atoms with E-state index in [1.54, 1.807) is 18.9 Å². The van der Waals surface area contributed by atoms with Crippen LogP contribution in [0.1, 0.15) is 25.3 Å². The van der Waals surface area contributed by atoms with E-state index < -0.39 is 11.8 Å². The highest BCUT2D eigenvalue weighted by molar-refractivity contribution is 6.06. The molecule has 1 aromatic carbocycles. The van der Waals surface area contributed by atoms with E-state index in [4.69, 9.17) is 10.7 Å². The molecule has 2 rings (SSSR count). The molecule has 2 atom stereocenters. The third kappa shape index (κ3) is 2.87. The fourth-order valence-corrected chi connectivity index (χ4v) is 2.85. The highest BCUT2D eigenvalue weighted by atomic mass is 16.1. The molecule has 1 aliphatic heterocycles. The zero-order chi connectivity index (χ0) is 17.0. The van der Waals surface area contributed by atoms with Crippen molar-refractivity contribution in [1.29, 1.82) is 10.5 Å². The first-order chi connectivity index (χ1) is 11.0. The van der Waals surface area contributed by atoms with Gasteiger partial charge in [-0.2, -0.15) is 10.5 Å². The maximum absolute atomic E-state index is 12.1. The third-order valence-corrected chi connectivity index (χ3v) is 3.82. The Bertz CT molecular complexity index is 843. The number of nitrogens with zero attached hydrogens (tertiary/aromatic N) is 4. The van der Waals surface area contributed by atoms with E-state index in [1.807, 2.05) is 30.3 Å². The Labute approximate surface area is 134 Å². The Hall–Kier alpha value is -3.27. The van der Waals surface area contributed by atoms with Gasteiger partial charge in [-0.25, -0.2) is 5.87 Å². The van der Waals surface area contributed by atoms with Crippen molar-refractivity contribution >= 4 is 17.4 Å². The molecule has 0 radical (unpaired) electrons. The van der Waals surface area contributed by atoms with Crippen LogP contribution in [0.15, 0.2) is 52.2 Å². The second kappa shape index (κ2) is 6.66. The van der Waals surface area contributed by atoms with E-state index in [0.717, 1.165) is 5.56 Å². The number of rotatable bonds is 3. The third-order valence-electron chi connectivity index (χ3n) is 3.82. The molecular formula is C18H13N4O-. The van der Waals surface area contributed by atoms with Crippen molar-refractivity contribution in [3.05, 3.63) is 58.1 Å². The monoisotopic (exact) mass is 301 g/mol. The number of nitriles is 2. The Morgan fingerprint density at radius 2 is 1.91 bits per heavy atom. The second-order valence-corrected chi connectivity index (χ2v) is 5.20. The highest BCUT2D eigenvalue weighted by Gasteiger charge is 2.38. The fraction of sp³-hybridized carbons (Fsp3) is 0.222. The zero-order valence-corrected chi connectivity index (χ0v) is 12.7. The van der Waals surface area contributed by atoms with E-state index in [9.17, 15) is 10.1 Å².